The first-order valence-electron chi connectivity index (χ1n) is 7.24. The van der Waals surface area contributed by atoms with E-state index in [0.717, 1.165) is 54.5 Å². The molecule has 0 radical (unpaired) electrons. The topological polar surface area (TPSA) is 70.2 Å². The largest absolute Gasteiger partial charge is 0.323 e. The molecule has 1 aromatic heterocycles. The van der Waals surface area contributed by atoms with E-state index in [4.69, 9.17) is 0 Å². The summed E-state index contributed by atoms with van der Waals surface area (Å²) in [5, 5.41) is 6.22. The number of carbonyl (C=O) groups is 1. The number of fused-ring (bicyclic) bond motifs is 1. The minimum absolute atomic E-state index is 0.0100. The van der Waals surface area contributed by atoms with Crippen molar-refractivity contribution in [2.45, 2.75) is 19.4 Å². The Kier molecular flexibility index (Phi) is 4.42. The molecule has 1 aromatic carbocycles. The van der Waals surface area contributed by atoms with Crippen LogP contribution < -0.4 is 10.6 Å². The molecule has 2 aromatic rings. The minimum Gasteiger partial charge on any atom is -0.323 e. The lowest BCUT2D eigenvalue weighted by atomic mass is 10.1. The van der Waals surface area contributed by atoms with Crippen LogP contribution in [0.15, 0.2) is 18.2 Å². The molecule has 6 nitrogen and oxygen atoms in total. The molecular formula is C14H19N5OS. The Balaban J connectivity index is 1.66. The second-order valence-corrected chi connectivity index (χ2v) is 5.80. The highest BCUT2D eigenvalue weighted by atomic mass is 32.1. The molecule has 1 amide bonds. The molecule has 112 valence electrons. The van der Waals surface area contributed by atoms with Crippen LogP contribution in [0.25, 0.3) is 11.0 Å². The molecule has 1 fully saturated rings. The van der Waals surface area contributed by atoms with Gasteiger partial charge in [-0.25, -0.2) is 0 Å². The lowest BCUT2D eigenvalue weighted by Crippen LogP contribution is -2.58. The van der Waals surface area contributed by atoms with Crippen molar-refractivity contribution in [3.63, 3.8) is 0 Å². The number of amides is 1. The second kappa shape index (κ2) is 6.46. The predicted molar refractivity (Wildman–Crippen MR) is 84.6 cm³/mol. The SMILES string of the molecule is CCCN(CC(=O)Nc1cccc2nsnc12)C1CNC1. The van der Waals surface area contributed by atoms with Gasteiger partial charge in [-0.05, 0) is 25.1 Å². The highest BCUT2D eigenvalue weighted by molar-refractivity contribution is 7.00. The van der Waals surface area contributed by atoms with Gasteiger partial charge in [-0.1, -0.05) is 13.0 Å². The van der Waals surface area contributed by atoms with Crippen molar-refractivity contribution in [2.24, 2.45) is 0 Å². The summed E-state index contributed by atoms with van der Waals surface area (Å²) in [5.41, 5.74) is 2.34. The summed E-state index contributed by atoms with van der Waals surface area (Å²) in [6, 6.07) is 6.14. The third-order valence-corrected chi connectivity index (χ3v) is 4.24. The number of anilines is 1. The molecule has 2 heterocycles. The van der Waals surface area contributed by atoms with E-state index in [0.29, 0.717) is 12.6 Å². The summed E-state index contributed by atoms with van der Waals surface area (Å²) >= 11 is 1.16. The summed E-state index contributed by atoms with van der Waals surface area (Å²) < 4.78 is 8.43. The van der Waals surface area contributed by atoms with Gasteiger partial charge in [0.05, 0.1) is 24.0 Å². The average Bonchev–Trinajstić information content (AvgIpc) is 2.86. The zero-order chi connectivity index (χ0) is 14.7. The fraction of sp³-hybridized carbons (Fsp3) is 0.500. The Labute approximate surface area is 127 Å². The van der Waals surface area contributed by atoms with Crippen LogP contribution in [0.4, 0.5) is 5.69 Å². The number of benzene rings is 1. The predicted octanol–water partition coefficient (Wildman–Crippen LogP) is 1.31. The van der Waals surface area contributed by atoms with E-state index in [-0.39, 0.29) is 5.91 Å². The van der Waals surface area contributed by atoms with Crippen LogP contribution in [-0.2, 0) is 4.79 Å². The fourth-order valence-corrected chi connectivity index (χ4v) is 3.04. The van der Waals surface area contributed by atoms with Crippen molar-refractivity contribution in [1.29, 1.82) is 0 Å². The van der Waals surface area contributed by atoms with Crippen LogP contribution in [-0.4, -0.2) is 51.8 Å². The Morgan fingerprint density at radius 2 is 2.33 bits per heavy atom. The van der Waals surface area contributed by atoms with Crippen LogP contribution in [0.3, 0.4) is 0 Å². The zero-order valence-electron chi connectivity index (χ0n) is 12.0. The lowest BCUT2D eigenvalue weighted by molar-refractivity contribution is -0.118. The summed E-state index contributed by atoms with van der Waals surface area (Å²) in [6.45, 7) is 5.45. The second-order valence-electron chi connectivity index (χ2n) is 5.27. The van der Waals surface area contributed by atoms with E-state index in [2.05, 4.69) is 31.2 Å². The third-order valence-electron chi connectivity index (χ3n) is 3.69. The highest BCUT2D eigenvalue weighted by Crippen LogP contribution is 2.21. The van der Waals surface area contributed by atoms with Crippen molar-refractivity contribution in [2.75, 3.05) is 31.5 Å². The fourth-order valence-electron chi connectivity index (χ4n) is 2.49. The minimum atomic E-state index is 0.0100. The molecule has 1 saturated heterocycles. The zero-order valence-corrected chi connectivity index (χ0v) is 12.8. The van der Waals surface area contributed by atoms with Crippen LogP contribution in [0.1, 0.15) is 13.3 Å². The van der Waals surface area contributed by atoms with E-state index < -0.39 is 0 Å². The lowest BCUT2D eigenvalue weighted by Gasteiger charge is -2.37. The molecule has 0 spiro atoms. The molecule has 0 saturated carbocycles. The first-order valence-corrected chi connectivity index (χ1v) is 7.97. The van der Waals surface area contributed by atoms with Gasteiger partial charge in [0.25, 0.3) is 0 Å². The van der Waals surface area contributed by atoms with Gasteiger partial charge < -0.3 is 10.6 Å². The van der Waals surface area contributed by atoms with Crippen LogP contribution in [0, 0.1) is 0 Å². The van der Waals surface area contributed by atoms with Crippen molar-refractivity contribution >= 4 is 34.4 Å². The molecule has 0 aliphatic carbocycles. The smallest absolute Gasteiger partial charge is 0.238 e. The summed E-state index contributed by atoms with van der Waals surface area (Å²) in [4.78, 5) is 14.5. The van der Waals surface area contributed by atoms with E-state index in [1.54, 1.807) is 0 Å². The first kappa shape index (κ1) is 14.4. The third kappa shape index (κ3) is 3.20. The van der Waals surface area contributed by atoms with Gasteiger partial charge in [0.2, 0.25) is 5.91 Å². The van der Waals surface area contributed by atoms with Crippen molar-refractivity contribution < 1.29 is 4.79 Å². The molecule has 1 aliphatic rings. The van der Waals surface area contributed by atoms with Crippen LogP contribution in [0.5, 0.6) is 0 Å². The Morgan fingerprint density at radius 1 is 1.48 bits per heavy atom. The van der Waals surface area contributed by atoms with Gasteiger partial charge in [0.1, 0.15) is 11.0 Å². The Morgan fingerprint density at radius 3 is 3.05 bits per heavy atom. The van der Waals surface area contributed by atoms with E-state index in [1.165, 1.54) is 0 Å². The Hall–Kier alpha value is -1.57. The molecule has 7 heteroatoms. The number of aromatic nitrogens is 2. The molecule has 2 N–H and O–H groups in total. The molecule has 0 unspecified atom stereocenters. The maximum Gasteiger partial charge on any atom is 0.238 e. The van der Waals surface area contributed by atoms with E-state index in [9.17, 15) is 4.79 Å². The van der Waals surface area contributed by atoms with Gasteiger partial charge in [0, 0.05) is 19.1 Å². The van der Waals surface area contributed by atoms with Gasteiger partial charge in [0.15, 0.2) is 0 Å². The van der Waals surface area contributed by atoms with Crippen LogP contribution in [0.2, 0.25) is 0 Å². The molecule has 3 rings (SSSR count). The molecule has 1 aliphatic heterocycles. The standard InChI is InChI=1S/C14H19N5OS/c1-2-6-19(10-7-15-8-10)9-13(20)16-11-4-3-5-12-14(11)18-21-17-12/h3-5,10,15H,2,6-9H2,1H3,(H,16,20). The van der Waals surface area contributed by atoms with Crippen LogP contribution >= 0.6 is 11.7 Å². The normalized spacial score (nSPS) is 15.3. The molecule has 0 atom stereocenters. The van der Waals surface area contributed by atoms with Crippen molar-refractivity contribution in [3.8, 4) is 0 Å². The maximum atomic E-state index is 12.3. The molecule has 0 bridgehead atoms. The maximum absolute atomic E-state index is 12.3. The van der Waals surface area contributed by atoms with Gasteiger partial charge in [-0.3, -0.25) is 9.69 Å². The highest BCUT2D eigenvalue weighted by Gasteiger charge is 2.25. The van der Waals surface area contributed by atoms with E-state index >= 15 is 0 Å². The van der Waals surface area contributed by atoms with Gasteiger partial charge >= 0.3 is 0 Å². The summed E-state index contributed by atoms with van der Waals surface area (Å²) in [6.07, 6.45) is 1.05. The first-order chi connectivity index (χ1) is 10.3. The number of rotatable bonds is 6. The van der Waals surface area contributed by atoms with E-state index in [1.807, 2.05) is 18.2 Å². The number of hydrogen-bond acceptors (Lipinski definition) is 6. The number of nitrogens with one attached hydrogen (secondary N) is 2. The summed E-state index contributed by atoms with van der Waals surface area (Å²) in [5.74, 6) is 0.0100. The molecule has 21 heavy (non-hydrogen) atoms. The van der Waals surface area contributed by atoms with Gasteiger partial charge in [-0.2, -0.15) is 8.75 Å². The van der Waals surface area contributed by atoms with Crippen molar-refractivity contribution in [1.82, 2.24) is 19.0 Å². The van der Waals surface area contributed by atoms with Crippen molar-refractivity contribution in [3.05, 3.63) is 18.2 Å². The number of nitrogens with zero attached hydrogens (tertiary/aromatic N) is 3. The van der Waals surface area contributed by atoms with Gasteiger partial charge in [-0.15, -0.1) is 0 Å². The Bertz CT molecular complexity index is 625. The number of hydrogen-bond donors (Lipinski definition) is 2. The quantitative estimate of drug-likeness (QED) is 0.842. The average molecular weight is 305 g/mol. The molecular weight excluding hydrogens is 286 g/mol. The number of carbonyl (C=O) groups excluding carboxylic acids is 1. The summed E-state index contributed by atoms with van der Waals surface area (Å²) in [7, 11) is 0. The monoisotopic (exact) mass is 305 g/mol.